The first kappa shape index (κ1) is 13.3. The first-order valence-electron chi connectivity index (χ1n) is 7.01. The van der Waals surface area contributed by atoms with Crippen molar-refractivity contribution < 1.29 is 4.79 Å². The Balaban J connectivity index is 1.69. The molecule has 1 atom stereocenters. The highest BCUT2D eigenvalue weighted by molar-refractivity contribution is 6.29. The molecule has 2 aromatic rings. The molecule has 4 heterocycles. The van der Waals surface area contributed by atoms with Crippen molar-refractivity contribution in [3.8, 4) is 0 Å². The number of fused-ring (bicyclic) bond motifs is 4. The van der Waals surface area contributed by atoms with Crippen LogP contribution in [-0.2, 0) is 0 Å². The van der Waals surface area contributed by atoms with Crippen LogP contribution in [0.3, 0.4) is 0 Å². The standard InChI is InChI=1S/C14H13ClN6O/c15-12-2-1-11-13(19-12)21(10-4-6-20(11)8-10)14(22)18-9-3-5-16-17-7-9/h1-3,5,7,10H,4,6,8H2,(H,16,18,22). The van der Waals surface area contributed by atoms with Crippen LogP contribution < -0.4 is 15.1 Å². The molecule has 0 aliphatic carbocycles. The molecule has 0 radical (unpaired) electrons. The van der Waals surface area contributed by atoms with Gasteiger partial charge in [-0.2, -0.15) is 10.2 Å². The van der Waals surface area contributed by atoms with E-state index in [0.717, 1.165) is 25.2 Å². The van der Waals surface area contributed by atoms with Crippen LogP contribution in [0.25, 0.3) is 0 Å². The first-order chi connectivity index (χ1) is 10.7. The second kappa shape index (κ2) is 5.10. The van der Waals surface area contributed by atoms with Gasteiger partial charge < -0.3 is 10.2 Å². The molecule has 0 aromatic carbocycles. The van der Waals surface area contributed by atoms with E-state index in [0.29, 0.717) is 16.7 Å². The van der Waals surface area contributed by atoms with Gasteiger partial charge in [-0.3, -0.25) is 4.90 Å². The van der Waals surface area contributed by atoms with E-state index in [1.165, 1.54) is 12.4 Å². The molecule has 2 aliphatic heterocycles. The fraction of sp³-hybridized carbons (Fsp3) is 0.286. The summed E-state index contributed by atoms with van der Waals surface area (Å²) in [7, 11) is 0. The van der Waals surface area contributed by atoms with Crippen molar-refractivity contribution in [2.45, 2.75) is 12.5 Å². The predicted octanol–water partition coefficient (Wildman–Crippen LogP) is 2.16. The number of nitrogens with zero attached hydrogens (tertiary/aromatic N) is 5. The minimum Gasteiger partial charge on any atom is -0.366 e. The third-order valence-corrected chi connectivity index (χ3v) is 4.18. The predicted molar refractivity (Wildman–Crippen MR) is 83.4 cm³/mol. The summed E-state index contributed by atoms with van der Waals surface area (Å²) >= 11 is 6.02. The van der Waals surface area contributed by atoms with Gasteiger partial charge in [-0.15, -0.1) is 0 Å². The van der Waals surface area contributed by atoms with Gasteiger partial charge >= 0.3 is 6.03 Å². The van der Waals surface area contributed by atoms with Crippen LogP contribution in [-0.4, -0.2) is 40.3 Å². The van der Waals surface area contributed by atoms with E-state index < -0.39 is 0 Å². The van der Waals surface area contributed by atoms with Crippen molar-refractivity contribution in [2.75, 3.05) is 28.2 Å². The molecule has 1 unspecified atom stereocenters. The fourth-order valence-electron chi connectivity index (χ4n) is 3.00. The minimum absolute atomic E-state index is 0.105. The number of carbonyl (C=O) groups excluding carboxylic acids is 1. The highest BCUT2D eigenvalue weighted by atomic mass is 35.5. The number of nitrogens with one attached hydrogen (secondary N) is 1. The molecule has 8 heteroatoms. The first-order valence-corrected chi connectivity index (χ1v) is 7.38. The number of pyridine rings is 1. The van der Waals surface area contributed by atoms with Crippen LogP contribution in [0, 0.1) is 0 Å². The quantitative estimate of drug-likeness (QED) is 0.816. The molecule has 2 bridgehead atoms. The van der Waals surface area contributed by atoms with Gasteiger partial charge in [-0.1, -0.05) is 11.6 Å². The maximum Gasteiger partial charge on any atom is 0.327 e. The molecule has 2 aromatic heterocycles. The van der Waals surface area contributed by atoms with Crippen LogP contribution >= 0.6 is 11.6 Å². The maximum atomic E-state index is 12.7. The van der Waals surface area contributed by atoms with Crippen LogP contribution in [0.5, 0.6) is 0 Å². The molecule has 22 heavy (non-hydrogen) atoms. The van der Waals surface area contributed by atoms with Crippen LogP contribution in [0.2, 0.25) is 5.15 Å². The molecule has 4 rings (SSSR count). The lowest BCUT2D eigenvalue weighted by molar-refractivity contribution is 0.255. The molecule has 112 valence electrons. The average Bonchev–Trinajstić information content (AvgIpc) is 2.93. The van der Waals surface area contributed by atoms with E-state index in [1.54, 1.807) is 17.0 Å². The lowest BCUT2D eigenvalue weighted by atomic mass is 10.2. The number of rotatable bonds is 1. The lowest BCUT2D eigenvalue weighted by Crippen LogP contribution is -2.48. The van der Waals surface area contributed by atoms with E-state index in [4.69, 9.17) is 11.6 Å². The molecule has 0 spiro atoms. The normalized spacial score (nSPS) is 19.0. The summed E-state index contributed by atoms with van der Waals surface area (Å²) in [6.07, 6.45) is 3.96. The molecule has 1 fully saturated rings. The number of aromatic nitrogens is 3. The minimum atomic E-state index is -0.226. The number of hydrogen-bond acceptors (Lipinski definition) is 5. The summed E-state index contributed by atoms with van der Waals surface area (Å²) in [5, 5.41) is 10.7. The zero-order valence-electron chi connectivity index (χ0n) is 11.6. The third kappa shape index (κ3) is 2.14. The molecule has 1 N–H and O–H groups in total. The Kier molecular flexibility index (Phi) is 3.07. The summed E-state index contributed by atoms with van der Waals surface area (Å²) in [5.74, 6) is 0.612. The van der Waals surface area contributed by atoms with E-state index in [2.05, 4.69) is 25.4 Å². The fourth-order valence-corrected chi connectivity index (χ4v) is 3.14. The molecule has 0 saturated carbocycles. The Morgan fingerprint density at radius 2 is 2.23 bits per heavy atom. The molecule has 1 saturated heterocycles. The Morgan fingerprint density at radius 3 is 3.05 bits per heavy atom. The Labute approximate surface area is 131 Å². The highest BCUT2D eigenvalue weighted by Crippen LogP contribution is 2.39. The Bertz CT molecular complexity index is 725. The molecular weight excluding hydrogens is 304 g/mol. The van der Waals surface area contributed by atoms with Gasteiger partial charge in [-0.05, 0) is 24.6 Å². The van der Waals surface area contributed by atoms with Crippen LogP contribution in [0.15, 0.2) is 30.6 Å². The number of hydrogen-bond donors (Lipinski definition) is 1. The van der Waals surface area contributed by atoms with Crippen molar-refractivity contribution in [3.05, 3.63) is 35.7 Å². The SMILES string of the molecule is O=C(Nc1ccnnc1)N1c2nc(Cl)ccc2N2CCC1C2. The van der Waals surface area contributed by atoms with Crippen molar-refractivity contribution in [1.82, 2.24) is 15.2 Å². The molecule has 7 nitrogen and oxygen atoms in total. The molecule has 2 amide bonds. The van der Waals surface area contributed by atoms with Crippen LogP contribution in [0.4, 0.5) is 22.0 Å². The maximum absolute atomic E-state index is 12.7. The van der Waals surface area contributed by atoms with Gasteiger partial charge in [0.25, 0.3) is 0 Å². The second-order valence-corrected chi connectivity index (χ2v) is 5.68. The smallest absolute Gasteiger partial charge is 0.327 e. The topological polar surface area (TPSA) is 74.2 Å². The van der Waals surface area contributed by atoms with Gasteiger partial charge in [0.2, 0.25) is 0 Å². The molecular formula is C14H13ClN6O. The van der Waals surface area contributed by atoms with Gasteiger partial charge in [0.05, 0.1) is 29.8 Å². The van der Waals surface area contributed by atoms with Crippen molar-refractivity contribution >= 4 is 34.8 Å². The highest BCUT2D eigenvalue weighted by Gasteiger charge is 2.40. The van der Waals surface area contributed by atoms with Crippen molar-refractivity contribution in [1.29, 1.82) is 0 Å². The number of urea groups is 1. The van der Waals surface area contributed by atoms with Gasteiger partial charge in [0.15, 0.2) is 5.82 Å². The zero-order chi connectivity index (χ0) is 15.1. The summed E-state index contributed by atoms with van der Waals surface area (Å²) in [6, 6.07) is 5.24. The molecule has 2 aliphatic rings. The Hall–Kier alpha value is -2.41. The van der Waals surface area contributed by atoms with Gasteiger partial charge in [-0.25, -0.2) is 9.78 Å². The largest absolute Gasteiger partial charge is 0.366 e. The van der Waals surface area contributed by atoms with Crippen molar-refractivity contribution in [3.63, 3.8) is 0 Å². The summed E-state index contributed by atoms with van der Waals surface area (Å²) < 4.78 is 0. The lowest BCUT2D eigenvalue weighted by Gasteiger charge is -2.35. The second-order valence-electron chi connectivity index (χ2n) is 5.30. The zero-order valence-corrected chi connectivity index (χ0v) is 12.4. The van der Waals surface area contributed by atoms with Crippen LogP contribution in [0.1, 0.15) is 6.42 Å². The van der Waals surface area contributed by atoms with E-state index in [9.17, 15) is 4.79 Å². The number of anilines is 3. The summed E-state index contributed by atoms with van der Waals surface area (Å²) in [6.45, 7) is 1.74. The Morgan fingerprint density at radius 1 is 1.32 bits per heavy atom. The summed E-state index contributed by atoms with van der Waals surface area (Å²) in [4.78, 5) is 21.0. The summed E-state index contributed by atoms with van der Waals surface area (Å²) in [5.41, 5.74) is 1.55. The van der Waals surface area contributed by atoms with Gasteiger partial charge in [0, 0.05) is 13.1 Å². The average molecular weight is 317 g/mol. The monoisotopic (exact) mass is 316 g/mol. The van der Waals surface area contributed by atoms with E-state index in [-0.39, 0.29) is 12.1 Å². The number of halogens is 1. The van der Waals surface area contributed by atoms with Crippen molar-refractivity contribution in [2.24, 2.45) is 0 Å². The number of carbonyl (C=O) groups is 1. The number of amides is 2. The van der Waals surface area contributed by atoms with E-state index >= 15 is 0 Å². The third-order valence-electron chi connectivity index (χ3n) is 3.97. The van der Waals surface area contributed by atoms with Gasteiger partial charge in [0.1, 0.15) is 5.15 Å². The van der Waals surface area contributed by atoms with E-state index in [1.807, 2.05) is 6.07 Å².